The van der Waals surface area contributed by atoms with Crippen molar-refractivity contribution in [2.45, 2.75) is 19.3 Å². The SMILES string of the molecule is CNC(=O)c1ccc(-c2cc(Cl)cc(Cl)c2Cl)c(NC(=O)C2CCC2)n1. The second-order valence-electron chi connectivity index (χ2n) is 6.04. The molecule has 1 saturated carbocycles. The molecule has 3 rings (SSSR count). The molecule has 1 aliphatic rings. The number of pyridine rings is 1. The van der Waals surface area contributed by atoms with Gasteiger partial charge in [-0.3, -0.25) is 9.59 Å². The average molecular weight is 413 g/mol. The summed E-state index contributed by atoms with van der Waals surface area (Å²) in [5.74, 6) is -0.260. The Bertz CT molecular complexity index is 882. The van der Waals surface area contributed by atoms with E-state index in [1.165, 1.54) is 13.1 Å². The number of carbonyl (C=O) groups excluding carboxylic acids is 2. The molecule has 2 N–H and O–H groups in total. The number of nitrogens with zero attached hydrogens (tertiary/aromatic N) is 1. The summed E-state index contributed by atoms with van der Waals surface area (Å²) in [6.07, 6.45) is 2.73. The molecule has 0 aliphatic heterocycles. The predicted molar refractivity (Wildman–Crippen MR) is 104 cm³/mol. The quantitative estimate of drug-likeness (QED) is 0.708. The monoisotopic (exact) mass is 411 g/mol. The third-order valence-corrected chi connectivity index (χ3v) is 5.38. The van der Waals surface area contributed by atoms with Crippen LogP contribution in [0, 0.1) is 5.92 Å². The summed E-state index contributed by atoms with van der Waals surface area (Å²) in [5, 5.41) is 6.33. The lowest BCUT2D eigenvalue weighted by atomic mass is 9.85. The van der Waals surface area contributed by atoms with Crippen molar-refractivity contribution in [3.05, 3.63) is 45.0 Å². The summed E-state index contributed by atoms with van der Waals surface area (Å²) in [6, 6.07) is 6.40. The minimum Gasteiger partial charge on any atom is -0.354 e. The summed E-state index contributed by atoms with van der Waals surface area (Å²) >= 11 is 18.6. The van der Waals surface area contributed by atoms with E-state index in [4.69, 9.17) is 34.8 Å². The molecule has 5 nitrogen and oxygen atoms in total. The third-order valence-electron chi connectivity index (χ3n) is 4.36. The molecule has 0 radical (unpaired) electrons. The maximum atomic E-state index is 12.4. The fourth-order valence-electron chi connectivity index (χ4n) is 2.67. The van der Waals surface area contributed by atoms with Crippen LogP contribution in [0.1, 0.15) is 29.8 Å². The number of amides is 2. The van der Waals surface area contributed by atoms with Crippen molar-refractivity contribution in [1.82, 2.24) is 10.3 Å². The zero-order chi connectivity index (χ0) is 18.8. The van der Waals surface area contributed by atoms with Crippen LogP contribution >= 0.6 is 34.8 Å². The molecule has 1 heterocycles. The third kappa shape index (κ3) is 3.80. The number of halogens is 3. The summed E-state index contributed by atoms with van der Waals surface area (Å²) in [4.78, 5) is 28.6. The summed E-state index contributed by atoms with van der Waals surface area (Å²) in [6.45, 7) is 0. The summed E-state index contributed by atoms with van der Waals surface area (Å²) in [5.41, 5.74) is 1.26. The largest absolute Gasteiger partial charge is 0.354 e. The molecule has 26 heavy (non-hydrogen) atoms. The zero-order valence-electron chi connectivity index (χ0n) is 13.9. The number of aromatic nitrogens is 1. The van der Waals surface area contributed by atoms with Crippen molar-refractivity contribution < 1.29 is 9.59 Å². The van der Waals surface area contributed by atoms with E-state index in [9.17, 15) is 9.59 Å². The van der Waals surface area contributed by atoms with E-state index in [0.29, 0.717) is 26.2 Å². The number of hydrogen-bond acceptors (Lipinski definition) is 3. The smallest absolute Gasteiger partial charge is 0.269 e. The highest BCUT2D eigenvalue weighted by atomic mass is 35.5. The number of nitrogens with one attached hydrogen (secondary N) is 2. The molecule has 1 aliphatic carbocycles. The minimum absolute atomic E-state index is 0.0354. The van der Waals surface area contributed by atoms with Crippen LogP contribution in [0.4, 0.5) is 5.82 Å². The molecule has 1 fully saturated rings. The molecule has 0 spiro atoms. The Morgan fingerprint density at radius 3 is 2.46 bits per heavy atom. The van der Waals surface area contributed by atoms with Crippen molar-refractivity contribution in [2.24, 2.45) is 5.92 Å². The topological polar surface area (TPSA) is 71.1 Å². The van der Waals surface area contributed by atoms with E-state index in [2.05, 4.69) is 15.6 Å². The van der Waals surface area contributed by atoms with Gasteiger partial charge in [-0.1, -0.05) is 41.2 Å². The predicted octanol–water partition coefficient (Wildman–Crippen LogP) is 4.81. The highest BCUT2D eigenvalue weighted by Crippen LogP contribution is 2.39. The maximum absolute atomic E-state index is 12.4. The molecule has 0 unspecified atom stereocenters. The van der Waals surface area contributed by atoms with Crippen LogP contribution in [0.2, 0.25) is 15.1 Å². The minimum atomic E-state index is -0.356. The van der Waals surface area contributed by atoms with E-state index >= 15 is 0 Å². The van der Waals surface area contributed by atoms with Crippen LogP contribution in [0.3, 0.4) is 0 Å². The van der Waals surface area contributed by atoms with Crippen LogP contribution in [0.25, 0.3) is 11.1 Å². The normalized spacial score (nSPS) is 13.8. The Morgan fingerprint density at radius 1 is 1.12 bits per heavy atom. The number of hydrogen-bond donors (Lipinski definition) is 2. The van der Waals surface area contributed by atoms with Gasteiger partial charge in [0.15, 0.2) is 0 Å². The first kappa shape index (κ1) is 19.0. The van der Waals surface area contributed by atoms with E-state index in [1.54, 1.807) is 18.2 Å². The van der Waals surface area contributed by atoms with Crippen LogP contribution in [-0.4, -0.2) is 23.8 Å². The molecule has 2 amide bonds. The van der Waals surface area contributed by atoms with Crippen LogP contribution in [0.5, 0.6) is 0 Å². The lowest BCUT2D eigenvalue weighted by molar-refractivity contribution is -0.122. The molecule has 1 aromatic carbocycles. The first-order valence-corrected chi connectivity index (χ1v) is 9.23. The van der Waals surface area contributed by atoms with Crippen LogP contribution in [0.15, 0.2) is 24.3 Å². The van der Waals surface area contributed by atoms with E-state index in [-0.39, 0.29) is 29.2 Å². The fraction of sp³-hybridized carbons (Fsp3) is 0.278. The Balaban J connectivity index is 2.08. The van der Waals surface area contributed by atoms with Gasteiger partial charge in [0.25, 0.3) is 5.91 Å². The molecule has 0 atom stereocenters. The summed E-state index contributed by atoms with van der Waals surface area (Å²) < 4.78 is 0. The molecular weight excluding hydrogens is 397 g/mol. The highest BCUT2D eigenvalue weighted by molar-refractivity contribution is 6.45. The zero-order valence-corrected chi connectivity index (χ0v) is 16.2. The van der Waals surface area contributed by atoms with Gasteiger partial charge in [-0.25, -0.2) is 4.98 Å². The Labute approximate surface area is 166 Å². The second kappa shape index (κ2) is 7.82. The number of carbonyl (C=O) groups is 2. The molecule has 1 aromatic heterocycles. The standard InChI is InChI=1S/C18H16Cl3N3O2/c1-22-18(26)14-6-5-11(12-7-10(19)8-13(20)15(12)21)16(23-14)24-17(25)9-3-2-4-9/h5-9H,2-4H2,1H3,(H,22,26)(H,23,24,25). The number of anilines is 1. The second-order valence-corrected chi connectivity index (χ2v) is 7.26. The lowest BCUT2D eigenvalue weighted by Gasteiger charge is -2.24. The van der Waals surface area contributed by atoms with Gasteiger partial charge in [0.2, 0.25) is 5.91 Å². The molecule has 136 valence electrons. The van der Waals surface area contributed by atoms with Crippen molar-refractivity contribution in [1.29, 1.82) is 0 Å². The van der Waals surface area contributed by atoms with Gasteiger partial charge in [0.1, 0.15) is 11.5 Å². The number of benzene rings is 1. The number of rotatable bonds is 4. The van der Waals surface area contributed by atoms with Crippen molar-refractivity contribution in [2.75, 3.05) is 12.4 Å². The van der Waals surface area contributed by atoms with Crippen LogP contribution < -0.4 is 10.6 Å². The Morgan fingerprint density at radius 2 is 1.85 bits per heavy atom. The Kier molecular flexibility index (Phi) is 5.70. The van der Waals surface area contributed by atoms with Gasteiger partial charge >= 0.3 is 0 Å². The van der Waals surface area contributed by atoms with Crippen LogP contribution in [-0.2, 0) is 4.79 Å². The van der Waals surface area contributed by atoms with E-state index in [0.717, 1.165) is 19.3 Å². The maximum Gasteiger partial charge on any atom is 0.269 e. The van der Waals surface area contributed by atoms with Gasteiger partial charge < -0.3 is 10.6 Å². The van der Waals surface area contributed by atoms with E-state index < -0.39 is 0 Å². The Hall–Kier alpha value is -1.82. The molecule has 2 aromatic rings. The fourth-order valence-corrected chi connectivity index (χ4v) is 3.37. The van der Waals surface area contributed by atoms with Crippen molar-refractivity contribution >= 4 is 52.4 Å². The van der Waals surface area contributed by atoms with Gasteiger partial charge in [0.05, 0.1) is 10.0 Å². The van der Waals surface area contributed by atoms with Crippen molar-refractivity contribution in [3.8, 4) is 11.1 Å². The van der Waals surface area contributed by atoms with E-state index in [1.807, 2.05) is 0 Å². The lowest BCUT2D eigenvalue weighted by Crippen LogP contribution is -2.29. The van der Waals surface area contributed by atoms with Gasteiger partial charge in [0, 0.05) is 29.1 Å². The first-order valence-electron chi connectivity index (χ1n) is 8.09. The summed E-state index contributed by atoms with van der Waals surface area (Å²) in [7, 11) is 1.51. The highest BCUT2D eigenvalue weighted by Gasteiger charge is 2.27. The van der Waals surface area contributed by atoms with Crippen molar-refractivity contribution in [3.63, 3.8) is 0 Å². The van der Waals surface area contributed by atoms with Gasteiger partial charge in [-0.05, 0) is 37.1 Å². The molecule has 0 saturated heterocycles. The molecular formula is C18H16Cl3N3O2. The molecule has 8 heteroatoms. The average Bonchev–Trinajstić information content (AvgIpc) is 2.56. The first-order chi connectivity index (χ1) is 12.4. The molecule has 0 bridgehead atoms. The van der Waals surface area contributed by atoms with Gasteiger partial charge in [-0.2, -0.15) is 0 Å². The van der Waals surface area contributed by atoms with Gasteiger partial charge in [-0.15, -0.1) is 0 Å².